The molecule has 1 saturated carbocycles. The van der Waals surface area contributed by atoms with Crippen molar-refractivity contribution in [3.8, 4) is 5.75 Å². The molecule has 1 aliphatic heterocycles. The van der Waals surface area contributed by atoms with Crippen LogP contribution in [0.4, 0.5) is 5.69 Å². The zero-order chi connectivity index (χ0) is 19.3. The minimum Gasteiger partial charge on any atom is -0.493 e. The summed E-state index contributed by atoms with van der Waals surface area (Å²) in [6.45, 7) is 1.61. The van der Waals surface area contributed by atoms with Crippen molar-refractivity contribution in [2.45, 2.75) is 32.1 Å². The van der Waals surface area contributed by atoms with E-state index in [1.165, 1.54) is 37.0 Å². The van der Waals surface area contributed by atoms with E-state index >= 15 is 0 Å². The van der Waals surface area contributed by atoms with Gasteiger partial charge in [-0.1, -0.05) is 37.5 Å². The number of fused-ring (bicyclic) bond motifs is 1. The van der Waals surface area contributed by atoms with Gasteiger partial charge in [-0.15, -0.1) is 0 Å². The molecule has 2 aliphatic rings. The Labute approximate surface area is 165 Å². The van der Waals surface area contributed by atoms with E-state index in [-0.39, 0.29) is 11.8 Å². The van der Waals surface area contributed by atoms with Gasteiger partial charge in [0.1, 0.15) is 5.75 Å². The van der Waals surface area contributed by atoms with Crippen molar-refractivity contribution in [1.82, 2.24) is 4.90 Å². The largest absolute Gasteiger partial charge is 0.493 e. The molecule has 0 atom stereocenters. The second-order valence-corrected chi connectivity index (χ2v) is 7.58. The molecule has 0 unspecified atom stereocenters. The molecular weight excluding hydrogens is 352 g/mol. The van der Waals surface area contributed by atoms with Gasteiger partial charge in [0.25, 0.3) is 11.8 Å². The predicted octanol–water partition coefficient (Wildman–Crippen LogP) is 4.35. The quantitative estimate of drug-likeness (QED) is 0.728. The highest BCUT2D eigenvalue weighted by Gasteiger charge is 2.34. The summed E-state index contributed by atoms with van der Waals surface area (Å²) in [5, 5.41) is 3.29. The molecule has 5 heteroatoms. The number of rotatable bonds is 7. The van der Waals surface area contributed by atoms with Gasteiger partial charge in [-0.2, -0.15) is 0 Å². The Morgan fingerprint density at radius 1 is 0.929 bits per heavy atom. The number of carbonyl (C=O) groups excluding carboxylic acids is 2. The first-order valence-corrected chi connectivity index (χ1v) is 10.1. The fourth-order valence-corrected chi connectivity index (χ4v) is 4.02. The number of carbonyl (C=O) groups is 2. The summed E-state index contributed by atoms with van der Waals surface area (Å²) in [6, 6.07) is 14.8. The molecule has 1 N–H and O–H groups in total. The highest BCUT2D eigenvalue weighted by Crippen LogP contribution is 2.26. The number of hydrogen-bond donors (Lipinski definition) is 1. The first-order chi connectivity index (χ1) is 13.7. The lowest BCUT2D eigenvalue weighted by Crippen LogP contribution is -2.34. The molecule has 1 aliphatic carbocycles. The molecule has 5 nitrogen and oxygen atoms in total. The molecule has 1 fully saturated rings. The van der Waals surface area contributed by atoms with Crippen LogP contribution in [0.1, 0.15) is 52.8 Å². The Bertz CT molecular complexity index is 823. The second-order valence-electron chi connectivity index (χ2n) is 7.58. The van der Waals surface area contributed by atoms with Gasteiger partial charge in [0, 0.05) is 24.8 Å². The van der Waals surface area contributed by atoms with Crippen LogP contribution in [0.5, 0.6) is 5.75 Å². The third kappa shape index (κ3) is 4.03. The van der Waals surface area contributed by atoms with E-state index in [0.29, 0.717) is 30.1 Å². The zero-order valence-electron chi connectivity index (χ0n) is 16.0. The number of amides is 2. The number of ether oxygens (including phenoxy) is 1. The van der Waals surface area contributed by atoms with Crippen molar-refractivity contribution in [3.63, 3.8) is 0 Å². The Morgan fingerprint density at radius 2 is 1.64 bits per heavy atom. The van der Waals surface area contributed by atoms with E-state index in [1.54, 1.807) is 24.3 Å². The van der Waals surface area contributed by atoms with Crippen LogP contribution < -0.4 is 10.1 Å². The first kappa shape index (κ1) is 18.5. The van der Waals surface area contributed by atoms with Gasteiger partial charge in [-0.05, 0) is 43.0 Å². The fourth-order valence-electron chi connectivity index (χ4n) is 4.02. The molecule has 0 spiro atoms. The average molecular weight is 378 g/mol. The molecule has 0 radical (unpaired) electrons. The van der Waals surface area contributed by atoms with Gasteiger partial charge in [0.15, 0.2) is 0 Å². The van der Waals surface area contributed by atoms with E-state index < -0.39 is 0 Å². The molecule has 0 saturated heterocycles. The minimum absolute atomic E-state index is 0.216. The molecule has 28 heavy (non-hydrogen) atoms. The molecule has 2 amide bonds. The number of nitrogens with zero attached hydrogens (tertiary/aromatic N) is 1. The smallest absolute Gasteiger partial charge is 0.261 e. The summed E-state index contributed by atoms with van der Waals surface area (Å²) in [5.74, 6) is 1.09. The molecule has 0 bridgehead atoms. The predicted molar refractivity (Wildman–Crippen MR) is 109 cm³/mol. The number of anilines is 1. The van der Waals surface area contributed by atoms with E-state index in [1.807, 2.05) is 24.3 Å². The van der Waals surface area contributed by atoms with Gasteiger partial charge in [0.2, 0.25) is 0 Å². The lowest BCUT2D eigenvalue weighted by molar-refractivity contribution is 0.0660. The van der Waals surface area contributed by atoms with Crippen LogP contribution in [0, 0.1) is 5.92 Å². The van der Waals surface area contributed by atoms with Crippen LogP contribution in [0.2, 0.25) is 0 Å². The van der Waals surface area contributed by atoms with Crippen LogP contribution in [0.25, 0.3) is 0 Å². The van der Waals surface area contributed by atoms with Gasteiger partial charge in [0.05, 0.1) is 17.7 Å². The maximum atomic E-state index is 12.4. The third-order valence-corrected chi connectivity index (χ3v) is 5.59. The van der Waals surface area contributed by atoms with Crippen LogP contribution in [0.15, 0.2) is 48.5 Å². The number of imide groups is 1. The Kier molecular flexibility index (Phi) is 5.60. The fraction of sp³-hybridized carbons (Fsp3) is 0.391. The SMILES string of the molecule is O=C1c2ccccc2C(=O)N1CCNc1cccc(OCC2CCCCC2)c1. The molecule has 1 heterocycles. The van der Waals surface area contributed by atoms with E-state index in [9.17, 15) is 9.59 Å². The first-order valence-electron chi connectivity index (χ1n) is 10.1. The van der Waals surface area contributed by atoms with E-state index in [0.717, 1.165) is 18.0 Å². The molecule has 4 rings (SSSR count). The summed E-state index contributed by atoms with van der Waals surface area (Å²) in [4.78, 5) is 26.1. The third-order valence-electron chi connectivity index (χ3n) is 5.59. The van der Waals surface area contributed by atoms with Gasteiger partial charge in [-0.3, -0.25) is 14.5 Å². The summed E-state index contributed by atoms with van der Waals surface area (Å²) < 4.78 is 5.98. The van der Waals surface area contributed by atoms with Crippen LogP contribution in [-0.4, -0.2) is 36.4 Å². The maximum Gasteiger partial charge on any atom is 0.261 e. The highest BCUT2D eigenvalue weighted by molar-refractivity contribution is 6.21. The molecule has 2 aromatic rings. The van der Waals surface area contributed by atoms with Crippen molar-refractivity contribution >= 4 is 17.5 Å². The summed E-state index contributed by atoms with van der Waals surface area (Å²) >= 11 is 0. The van der Waals surface area contributed by atoms with Crippen molar-refractivity contribution in [1.29, 1.82) is 0 Å². The lowest BCUT2D eigenvalue weighted by atomic mass is 9.90. The van der Waals surface area contributed by atoms with Crippen molar-refractivity contribution < 1.29 is 14.3 Å². The standard InChI is InChI=1S/C23H26N2O3/c26-22-20-11-4-5-12-21(20)23(27)25(22)14-13-24-18-9-6-10-19(15-18)28-16-17-7-2-1-3-8-17/h4-6,9-12,15,17,24H,1-3,7-8,13-14,16H2. The summed E-state index contributed by atoms with van der Waals surface area (Å²) in [6.07, 6.45) is 6.50. The van der Waals surface area contributed by atoms with Crippen LogP contribution >= 0.6 is 0 Å². The van der Waals surface area contributed by atoms with E-state index in [4.69, 9.17) is 4.74 Å². The molecule has 146 valence electrons. The number of hydrogen-bond acceptors (Lipinski definition) is 4. The Balaban J connectivity index is 1.28. The zero-order valence-corrected chi connectivity index (χ0v) is 16.0. The average Bonchev–Trinajstić information content (AvgIpc) is 2.98. The molecular formula is C23H26N2O3. The summed E-state index contributed by atoms with van der Waals surface area (Å²) in [7, 11) is 0. The highest BCUT2D eigenvalue weighted by atomic mass is 16.5. The summed E-state index contributed by atoms with van der Waals surface area (Å²) in [5.41, 5.74) is 1.91. The van der Waals surface area contributed by atoms with Gasteiger partial charge >= 0.3 is 0 Å². The van der Waals surface area contributed by atoms with Crippen LogP contribution in [-0.2, 0) is 0 Å². The molecule has 0 aromatic heterocycles. The number of benzene rings is 2. The van der Waals surface area contributed by atoms with Gasteiger partial charge in [-0.25, -0.2) is 0 Å². The maximum absolute atomic E-state index is 12.4. The van der Waals surface area contributed by atoms with E-state index in [2.05, 4.69) is 5.32 Å². The Hall–Kier alpha value is -2.82. The minimum atomic E-state index is -0.216. The monoisotopic (exact) mass is 378 g/mol. The number of nitrogens with one attached hydrogen (secondary N) is 1. The normalized spacial score (nSPS) is 16.9. The van der Waals surface area contributed by atoms with Crippen molar-refractivity contribution in [3.05, 3.63) is 59.7 Å². The second kappa shape index (κ2) is 8.46. The Morgan fingerprint density at radius 3 is 2.36 bits per heavy atom. The van der Waals surface area contributed by atoms with Gasteiger partial charge < -0.3 is 10.1 Å². The van der Waals surface area contributed by atoms with Crippen molar-refractivity contribution in [2.24, 2.45) is 5.92 Å². The topological polar surface area (TPSA) is 58.6 Å². The molecule has 2 aromatic carbocycles. The van der Waals surface area contributed by atoms with Crippen LogP contribution in [0.3, 0.4) is 0 Å². The lowest BCUT2D eigenvalue weighted by Gasteiger charge is -2.21. The van der Waals surface area contributed by atoms with Crippen molar-refractivity contribution in [2.75, 3.05) is 25.0 Å².